The summed E-state index contributed by atoms with van der Waals surface area (Å²) in [4.78, 5) is 44.7. The Balaban J connectivity index is 2.31. The van der Waals surface area contributed by atoms with Crippen molar-refractivity contribution >= 4 is 29.4 Å². The van der Waals surface area contributed by atoms with E-state index in [2.05, 4.69) is 16.0 Å². The summed E-state index contributed by atoms with van der Waals surface area (Å²) in [6, 6.07) is 6.95. The summed E-state index contributed by atoms with van der Waals surface area (Å²) in [5.41, 5.74) is 1.38. The van der Waals surface area contributed by atoms with Gasteiger partial charge in [-0.05, 0) is 24.1 Å². The van der Waals surface area contributed by atoms with Crippen LogP contribution in [0.3, 0.4) is 0 Å². The van der Waals surface area contributed by atoms with Crippen molar-refractivity contribution < 1.29 is 24.3 Å². The maximum atomic E-state index is 11.9. The first kappa shape index (κ1) is 20.1. The number of hydrogen-bond acceptors (Lipinski definition) is 4. The van der Waals surface area contributed by atoms with Crippen LogP contribution in [-0.2, 0) is 25.6 Å². The van der Waals surface area contributed by atoms with Crippen molar-refractivity contribution in [1.82, 2.24) is 10.6 Å². The van der Waals surface area contributed by atoms with E-state index in [1.165, 1.54) is 6.92 Å². The molecule has 0 heterocycles. The summed E-state index contributed by atoms with van der Waals surface area (Å²) < 4.78 is 0. The first-order chi connectivity index (χ1) is 11.9. The zero-order chi connectivity index (χ0) is 18.7. The van der Waals surface area contributed by atoms with Gasteiger partial charge in [-0.1, -0.05) is 12.1 Å². The largest absolute Gasteiger partial charge is 0.481 e. The predicted octanol–water partition coefficient (Wildman–Crippen LogP) is 0.675. The standard InChI is InChI=1S/C17H23N3O5/c1-12(21)18-9-10-19-15(22)6-7-16(23)20-14-4-2-3-13(11-14)5-8-17(24)25/h2-4,11H,5-10H2,1H3,(H,18,21)(H,19,22)(H,20,23)(H,24,25). The highest BCUT2D eigenvalue weighted by Gasteiger charge is 2.08. The molecule has 8 nitrogen and oxygen atoms in total. The molecule has 0 fully saturated rings. The Hall–Kier alpha value is -2.90. The second-order valence-electron chi connectivity index (χ2n) is 5.48. The molecule has 8 heteroatoms. The molecule has 0 aliphatic heterocycles. The van der Waals surface area contributed by atoms with Crippen molar-refractivity contribution in [2.75, 3.05) is 18.4 Å². The van der Waals surface area contributed by atoms with E-state index in [-0.39, 0.29) is 37.0 Å². The van der Waals surface area contributed by atoms with Gasteiger partial charge in [0.05, 0.1) is 0 Å². The van der Waals surface area contributed by atoms with Gasteiger partial charge in [0, 0.05) is 45.0 Å². The van der Waals surface area contributed by atoms with Gasteiger partial charge in [0.15, 0.2) is 0 Å². The molecule has 3 amide bonds. The molecular formula is C17H23N3O5. The molecule has 0 aliphatic carbocycles. The molecule has 0 bridgehead atoms. The number of carbonyl (C=O) groups excluding carboxylic acids is 3. The van der Waals surface area contributed by atoms with Crippen molar-refractivity contribution in [3.63, 3.8) is 0 Å². The SMILES string of the molecule is CC(=O)NCCNC(=O)CCC(=O)Nc1cccc(CCC(=O)O)c1. The Morgan fingerprint density at radius 2 is 1.64 bits per heavy atom. The lowest BCUT2D eigenvalue weighted by Crippen LogP contribution is -2.33. The number of benzene rings is 1. The van der Waals surface area contributed by atoms with E-state index >= 15 is 0 Å². The number of aliphatic carboxylic acids is 1. The molecule has 4 N–H and O–H groups in total. The number of nitrogens with one attached hydrogen (secondary N) is 3. The van der Waals surface area contributed by atoms with Crippen molar-refractivity contribution in [2.24, 2.45) is 0 Å². The molecule has 0 aliphatic rings. The molecule has 1 aromatic carbocycles. The van der Waals surface area contributed by atoms with Crippen LogP contribution in [0, 0.1) is 0 Å². The summed E-state index contributed by atoms with van der Waals surface area (Å²) in [5, 5.41) is 16.5. The highest BCUT2D eigenvalue weighted by Crippen LogP contribution is 2.13. The first-order valence-corrected chi connectivity index (χ1v) is 7.98. The van der Waals surface area contributed by atoms with Gasteiger partial charge in [-0.15, -0.1) is 0 Å². The lowest BCUT2D eigenvalue weighted by molar-refractivity contribution is -0.137. The minimum atomic E-state index is -0.876. The fourth-order valence-corrected chi connectivity index (χ4v) is 2.04. The van der Waals surface area contributed by atoms with E-state index in [1.54, 1.807) is 24.3 Å². The monoisotopic (exact) mass is 349 g/mol. The molecule has 0 atom stereocenters. The second kappa shape index (κ2) is 10.8. The molecule has 0 saturated heterocycles. The Labute approximate surface area is 146 Å². The fraction of sp³-hybridized carbons (Fsp3) is 0.412. The third-order valence-electron chi connectivity index (χ3n) is 3.24. The van der Waals surface area contributed by atoms with Crippen LogP contribution < -0.4 is 16.0 Å². The second-order valence-corrected chi connectivity index (χ2v) is 5.48. The molecule has 0 aromatic heterocycles. The maximum absolute atomic E-state index is 11.9. The summed E-state index contributed by atoms with van der Waals surface area (Å²) >= 11 is 0. The van der Waals surface area contributed by atoms with Gasteiger partial charge in [-0.25, -0.2) is 0 Å². The number of anilines is 1. The van der Waals surface area contributed by atoms with Gasteiger partial charge in [-0.3, -0.25) is 19.2 Å². The van der Waals surface area contributed by atoms with E-state index < -0.39 is 5.97 Å². The summed E-state index contributed by atoms with van der Waals surface area (Å²) in [6.07, 6.45) is 0.488. The van der Waals surface area contributed by atoms with Crippen LogP contribution in [0.4, 0.5) is 5.69 Å². The summed E-state index contributed by atoms with van der Waals surface area (Å²) in [6.45, 7) is 2.05. The molecule has 0 unspecified atom stereocenters. The van der Waals surface area contributed by atoms with E-state index in [0.717, 1.165) is 5.56 Å². The van der Waals surface area contributed by atoms with Crippen LogP contribution in [0.2, 0.25) is 0 Å². The molecule has 136 valence electrons. The van der Waals surface area contributed by atoms with Gasteiger partial charge < -0.3 is 21.1 Å². The number of rotatable bonds is 10. The molecule has 0 saturated carbocycles. The molecule has 25 heavy (non-hydrogen) atoms. The Morgan fingerprint density at radius 1 is 0.960 bits per heavy atom. The molecule has 1 rings (SSSR count). The Bertz CT molecular complexity index is 630. The number of amides is 3. The lowest BCUT2D eigenvalue weighted by atomic mass is 10.1. The van der Waals surface area contributed by atoms with Gasteiger partial charge in [0.2, 0.25) is 17.7 Å². The smallest absolute Gasteiger partial charge is 0.303 e. The minimum absolute atomic E-state index is 0.0239. The van der Waals surface area contributed by atoms with Crippen LogP contribution in [0.25, 0.3) is 0 Å². The summed E-state index contributed by atoms with van der Waals surface area (Å²) in [5.74, 6) is -1.61. The topological polar surface area (TPSA) is 125 Å². The highest BCUT2D eigenvalue weighted by atomic mass is 16.4. The minimum Gasteiger partial charge on any atom is -0.481 e. The van der Waals surface area contributed by atoms with Crippen molar-refractivity contribution in [2.45, 2.75) is 32.6 Å². The normalized spacial score (nSPS) is 9.96. The number of carboxylic acids is 1. The van der Waals surface area contributed by atoms with Crippen molar-refractivity contribution in [3.05, 3.63) is 29.8 Å². The molecule has 0 spiro atoms. The number of carboxylic acid groups (broad SMARTS) is 1. The number of carbonyl (C=O) groups is 4. The molecule has 0 radical (unpaired) electrons. The first-order valence-electron chi connectivity index (χ1n) is 7.98. The van der Waals surface area contributed by atoms with Crippen molar-refractivity contribution in [3.8, 4) is 0 Å². The van der Waals surface area contributed by atoms with Gasteiger partial charge in [0.25, 0.3) is 0 Å². The van der Waals surface area contributed by atoms with Crippen LogP contribution in [0.5, 0.6) is 0 Å². The van der Waals surface area contributed by atoms with E-state index in [1.807, 2.05) is 0 Å². The van der Waals surface area contributed by atoms with Crippen LogP contribution >= 0.6 is 0 Å². The zero-order valence-corrected chi connectivity index (χ0v) is 14.1. The van der Waals surface area contributed by atoms with Crippen LogP contribution in [0.1, 0.15) is 31.7 Å². The van der Waals surface area contributed by atoms with E-state index in [9.17, 15) is 19.2 Å². The molecular weight excluding hydrogens is 326 g/mol. The Kier molecular flexibility index (Phi) is 8.70. The average Bonchev–Trinajstić information content (AvgIpc) is 2.55. The number of hydrogen-bond donors (Lipinski definition) is 4. The maximum Gasteiger partial charge on any atom is 0.303 e. The molecule has 1 aromatic rings. The van der Waals surface area contributed by atoms with Gasteiger partial charge >= 0.3 is 5.97 Å². The fourth-order valence-electron chi connectivity index (χ4n) is 2.04. The van der Waals surface area contributed by atoms with Crippen LogP contribution in [0.15, 0.2) is 24.3 Å². The number of aryl methyl sites for hydroxylation is 1. The van der Waals surface area contributed by atoms with E-state index in [4.69, 9.17) is 5.11 Å². The average molecular weight is 349 g/mol. The highest BCUT2D eigenvalue weighted by molar-refractivity contribution is 5.93. The quantitative estimate of drug-likeness (QED) is 0.462. The van der Waals surface area contributed by atoms with Gasteiger partial charge in [0.1, 0.15) is 0 Å². The Morgan fingerprint density at radius 3 is 2.32 bits per heavy atom. The van der Waals surface area contributed by atoms with Crippen molar-refractivity contribution in [1.29, 1.82) is 0 Å². The third kappa shape index (κ3) is 9.75. The van der Waals surface area contributed by atoms with E-state index in [0.29, 0.717) is 25.2 Å². The third-order valence-corrected chi connectivity index (χ3v) is 3.24. The predicted molar refractivity (Wildman–Crippen MR) is 92.0 cm³/mol. The summed E-state index contributed by atoms with van der Waals surface area (Å²) in [7, 11) is 0. The van der Waals surface area contributed by atoms with Crippen LogP contribution in [-0.4, -0.2) is 41.9 Å². The zero-order valence-electron chi connectivity index (χ0n) is 14.1. The lowest BCUT2D eigenvalue weighted by Gasteiger charge is -2.08. The van der Waals surface area contributed by atoms with Gasteiger partial charge in [-0.2, -0.15) is 0 Å².